The summed E-state index contributed by atoms with van der Waals surface area (Å²) in [5, 5.41) is 18.0. The van der Waals surface area contributed by atoms with Crippen LogP contribution in [0.2, 0.25) is 0 Å². The molecule has 0 aliphatic heterocycles. The van der Waals surface area contributed by atoms with E-state index in [2.05, 4.69) is 4.74 Å². The van der Waals surface area contributed by atoms with E-state index in [1.54, 1.807) is 31.2 Å². The van der Waals surface area contributed by atoms with Crippen molar-refractivity contribution in [2.24, 2.45) is 0 Å². The van der Waals surface area contributed by atoms with Crippen molar-refractivity contribution in [3.8, 4) is 5.75 Å². The molecule has 0 spiro atoms. The quantitative estimate of drug-likeness (QED) is 0.704. The zero-order valence-electron chi connectivity index (χ0n) is 10.5. The first-order chi connectivity index (χ1) is 9.02. The van der Waals surface area contributed by atoms with Gasteiger partial charge in [0, 0.05) is 6.42 Å². The Labute approximate surface area is 110 Å². The number of aliphatic hydroxyl groups is 1. The highest BCUT2D eigenvalue weighted by atomic mass is 16.5. The second kappa shape index (κ2) is 7.38. The lowest BCUT2D eigenvalue weighted by molar-refractivity contribution is -0.152. The average molecular weight is 268 g/mol. The standard InChI is InChI=1S/C13H16O6/c1-2-18-13(17)11(14)7-9-3-5-10(6-4-9)19-8-12(15)16/h3-6,11,14H,2,7-8H2,1H3,(H,15,16). The molecule has 1 atom stereocenters. The Balaban J connectivity index is 2.52. The minimum Gasteiger partial charge on any atom is -0.482 e. The Hall–Kier alpha value is -2.08. The summed E-state index contributed by atoms with van der Waals surface area (Å²) in [6, 6.07) is 6.46. The van der Waals surface area contributed by atoms with Gasteiger partial charge in [0.05, 0.1) is 6.61 Å². The molecule has 6 heteroatoms. The fourth-order valence-corrected chi connectivity index (χ4v) is 1.41. The van der Waals surface area contributed by atoms with Crippen molar-refractivity contribution in [1.29, 1.82) is 0 Å². The molecule has 0 aliphatic carbocycles. The van der Waals surface area contributed by atoms with Gasteiger partial charge in [0.2, 0.25) is 0 Å². The van der Waals surface area contributed by atoms with Crippen molar-refractivity contribution >= 4 is 11.9 Å². The lowest BCUT2D eigenvalue weighted by Gasteiger charge is -2.10. The van der Waals surface area contributed by atoms with Gasteiger partial charge < -0.3 is 19.7 Å². The number of benzene rings is 1. The van der Waals surface area contributed by atoms with Gasteiger partial charge in [-0.3, -0.25) is 0 Å². The summed E-state index contributed by atoms with van der Waals surface area (Å²) in [5.74, 6) is -1.30. The summed E-state index contributed by atoms with van der Waals surface area (Å²) in [6.45, 7) is 1.47. The largest absolute Gasteiger partial charge is 0.482 e. The maximum absolute atomic E-state index is 11.2. The first kappa shape index (κ1) is 15.0. The molecule has 6 nitrogen and oxygen atoms in total. The number of ether oxygens (including phenoxy) is 2. The van der Waals surface area contributed by atoms with Gasteiger partial charge in [-0.25, -0.2) is 9.59 Å². The SMILES string of the molecule is CCOC(=O)C(O)Cc1ccc(OCC(=O)O)cc1. The average Bonchev–Trinajstić information content (AvgIpc) is 2.38. The van der Waals surface area contributed by atoms with E-state index in [0.717, 1.165) is 5.56 Å². The van der Waals surface area contributed by atoms with Crippen LogP contribution in [-0.2, 0) is 20.7 Å². The van der Waals surface area contributed by atoms with Gasteiger partial charge in [-0.15, -0.1) is 0 Å². The predicted octanol–water partition coefficient (Wildman–Crippen LogP) is 0.616. The fraction of sp³-hybridized carbons (Fsp3) is 0.385. The summed E-state index contributed by atoms with van der Waals surface area (Å²) < 4.78 is 9.65. The third-order valence-corrected chi connectivity index (χ3v) is 2.27. The number of hydrogen-bond acceptors (Lipinski definition) is 5. The van der Waals surface area contributed by atoms with Crippen LogP contribution in [0.25, 0.3) is 0 Å². The highest BCUT2D eigenvalue weighted by Crippen LogP contribution is 2.13. The molecule has 2 N–H and O–H groups in total. The summed E-state index contributed by atoms with van der Waals surface area (Å²) in [6.07, 6.45) is -1.07. The zero-order valence-corrected chi connectivity index (χ0v) is 10.5. The molecule has 0 radical (unpaired) electrons. The first-order valence-electron chi connectivity index (χ1n) is 5.81. The topological polar surface area (TPSA) is 93.1 Å². The Morgan fingerprint density at radius 1 is 1.26 bits per heavy atom. The van der Waals surface area contributed by atoms with Crippen LogP contribution in [0.3, 0.4) is 0 Å². The van der Waals surface area contributed by atoms with Crippen LogP contribution < -0.4 is 4.74 Å². The smallest absolute Gasteiger partial charge is 0.341 e. The predicted molar refractivity (Wildman–Crippen MR) is 65.9 cm³/mol. The van der Waals surface area contributed by atoms with Crippen molar-refractivity contribution < 1.29 is 29.3 Å². The molecule has 0 amide bonds. The lowest BCUT2D eigenvalue weighted by atomic mass is 10.1. The van der Waals surface area contributed by atoms with E-state index in [-0.39, 0.29) is 13.0 Å². The molecule has 0 saturated carbocycles. The van der Waals surface area contributed by atoms with E-state index in [1.807, 2.05) is 0 Å². The molecular weight excluding hydrogens is 252 g/mol. The Morgan fingerprint density at radius 2 is 1.89 bits per heavy atom. The van der Waals surface area contributed by atoms with E-state index in [1.165, 1.54) is 0 Å². The van der Waals surface area contributed by atoms with Crippen LogP contribution in [0.4, 0.5) is 0 Å². The summed E-state index contributed by atoms with van der Waals surface area (Å²) in [4.78, 5) is 21.5. The van der Waals surface area contributed by atoms with Crippen LogP contribution in [0.15, 0.2) is 24.3 Å². The molecule has 1 aromatic rings. The number of carbonyl (C=O) groups excluding carboxylic acids is 1. The van der Waals surface area contributed by atoms with Gasteiger partial charge in [0.15, 0.2) is 12.7 Å². The number of aliphatic hydroxyl groups excluding tert-OH is 1. The summed E-state index contributed by atoms with van der Waals surface area (Å²) in [5.41, 5.74) is 0.725. The maximum atomic E-state index is 11.2. The van der Waals surface area contributed by atoms with E-state index < -0.39 is 24.6 Å². The number of carboxylic acid groups (broad SMARTS) is 1. The van der Waals surface area contributed by atoms with Crippen molar-refractivity contribution in [2.75, 3.05) is 13.2 Å². The summed E-state index contributed by atoms with van der Waals surface area (Å²) in [7, 11) is 0. The Morgan fingerprint density at radius 3 is 2.42 bits per heavy atom. The Kier molecular flexibility index (Phi) is 5.81. The van der Waals surface area contributed by atoms with Crippen molar-refractivity contribution in [1.82, 2.24) is 0 Å². The van der Waals surface area contributed by atoms with Crippen molar-refractivity contribution in [2.45, 2.75) is 19.4 Å². The molecule has 1 rings (SSSR count). The van der Waals surface area contributed by atoms with Crippen LogP contribution in [0, 0.1) is 0 Å². The van der Waals surface area contributed by atoms with Crippen LogP contribution >= 0.6 is 0 Å². The van der Waals surface area contributed by atoms with Gasteiger partial charge in [0.25, 0.3) is 0 Å². The van der Waals surface area contributed by atoms with E-state index in [9.17, 15) is 14.7 Å². The number of carboxylic acids is 1. The summed E-state index contributed by atoms with van der Waals surface area (Å²) >= 11 is 0. The van der Waals surface area contributed by atoms with Crippen LogP contribution in [-0.4, -0.2) is 41.5 Å². The number of esters is 1. The molecule has 0 aromatic heterocycles. The number of rotatable bonds is 7. The zero-order chi connectivity index (χ0) is 14.3. The number of hydrogen-bond donors (Lipinski definition) is 2. The van der Waals surface area contributed by atoms with E-state index >= 15 is 0 Å². The maximum Gasteiger partial charge on any atom is 0.341 e. The molecule has 0 saturated heterocycles. The molecule has 0 heterocycles. The van der Waals surface area contributed by atoms with E-state index in [4.69, 9.17) is 9.84 Å². The second-order valence-electron chi connectivity index (χ2n) is 3.80. The van der Waals surface area contributed by atoms with Gasteiger partial charge in [-0.2, -0.15) is 0 Å². The minimum atomic E-state index is -1.20. The number of aliphatic carboxylic acids is 1. The van der Waals surface area contributed by atoms with Crippen LogP contribution in [0.5, 0.6) is 5.75 Å². The number of carbonyl (C=O) groups is 2. The second-order valence-corrected chi connectivity index (χ2v) is 3.80. The molecule has 0 aliphatic rings. The molecule has 1 aromatic carbocycles. The lowest BCUT2D eigenvalue weighted by Crippen LogP contribution is -2.25. The molecule has 1 unspecified atom stereocenters. The van der Waals surface area contributed by atoms with E-state index in [0.29, 0.717) is 5.75 Å². The van der Waals surface area contributed by atoms with Crippen molar-refractivity contribution in [3.63, 3.8) is 0 Å². The van der Waals surface area contributed by atoms with Gasteiger partial charge in [0.1, 0.15) is 5.75 Å². The van der Waals surface area contributed by atoms with Crippen molar-refractivity contribution in [3.05, 3.63) is 29.8 Å². The molecule has 0 bridgehead atoms. The van der Waals surface area contributed by atoms with Gasteiger partial charge in [-0.05, 0) is 24.6 Å². The highest BCUT2D eigenvalue weighted by molar-refractivity contribution is 5.74. The van der Waals surface area contributed by atoms with Gasteiger partial charge >= 0.3 is 11.9 Å². The highest BCUT2D eigenvalue weighted by Gasteiger charge is 2.16. The Bertz CT molecular complexity index is 425. The third kappa shape index (κ3) is 5.39. The molecule has 0 fully saturated rings. The van der Waals surface area contributed by atoms with Crippen LogP contribution in [0.1, 0.15) is 12.5 Å². The fourth-order valence-electron chi connectivity index (χ4n) is 1.41. The molecular formula is C13H16O6. The first-order valence-corrected chi connectivity index (χ1v) is 5.81. The van der Waals surface area contributed by atoms with Gasteiger partial charge in [-0.1, -0.05) is 12.1 Å². The monoisotopic (exact) mass is 268 g/mol. The normalized spacial score (nSPS) is 11.7. The molecule has 19 heavy (non-hydrogen) atoms. The minimum absolute atomic E-state index is 0.137. The third-order valence-electron chi connectivity index (χ3n) is 2.27. The molecule has 104 valence electrons.